The normalized spacial score (nSPS) is 14.5. The van der Waals surface area contributed by atoms with Crippen LogP contribution in [-0.2, 0) is 26.2 Å². The van der Waals surface area contributed by atoms with Gasteiger partial charge in [-0.2, -0.15) is 0 Å². The van der Waals surface area contributed by atoms with Gasteiger partial charge in [-0.1, -0.05) is 78.1 Å². The van der Waals surface area contributed by atoms with E-state index in [1.807, 2.05) is 57.2 Å². The number of carbonyl (C=O) groups is 2. The standard InChI is InChI=1S/C32H39N3O4S/c1-23-9-15-27(16-10-23)21-34(26(4)32(37)33-28-7-5-6-8-28)31(36)22-35(29-17-11-24(2)12-18-29)40(38,39)30-19-13-25(3)14-20-30/h9-20,26,28H,5-8,21-22H2,1-4H3,(H,33,37)/t26-/m0/s1. The van der Waals surface area contributed by atoms with Crippen molar-refractivity contribution in [2.75, 3.05) is 10.8 Å². The van der Waals surface area contributed by atoms with E-state index in [0.717, 1.165) is 52.2 Å². The Bertz CT molecular complexity index is 1410. The highest BCUT2D eigenvalue weighted by Crippen LogP contribution is 2.25. The van der Waals surface area contributed by atoms with Gasteiger partial charge in [0.2, 0.25) is 11.8 Å². The first-order chi connectivity index (χ1) is 19.0. The highest BCUT2D eigenvalue weighted by Gasteiger charge is 2.33. The zero-order valence-electron chi connectivity index (χ0n) is 23.8. The number of anilines is 1. The van der Waals surface area contributed by atoms with Crippen LogP contribution in [0.4, 0.5) is 5.69 Å². The van der Waals surface area contributed by atoms with Gasteiger partial charge in [-0.25, -0.2) is 8.42 Å². The van der Waals surface area contributed by atoms with Crippen LogP contribution in [0.2, 0.25) is 0 Å². The number of hydrogen-bond acceptors (Lipinski definition) is 4. The molecule has 0 heterocycles. The zero-order chi connectivity index (χ0) is 28.9. The Hall–Kier alpha value is -3.65. The third-order valence-corrected chi connectivity index (χ3v) is 9.34. The summed E-state index contributed by atoms with van der Waals surface area (Å²) in [5.74, 6) is -0.679. The lowest BCUT2D eigenvalue weighted by molar-refractivity contribution is -0.139. The van der Waals surface area contributed by atoms with E-state index in [4.69, 9.17) is 0 Å². The summed E-state index contributed by atoms with van der Waals surface area (Å²) in [4.78, 5) is 28.9. The molecule has 0 bridgehead atoms. The Morgan fingerprint density at radius 3 is 1.88 bits per heavy atom. The molecule has 0 aromatic heterocycles. The molecule has 0 aliphatic heterocycles. The minimum absolute atomic E-state index is 0.101. The summed E-state index contributed by atoms with van der Waals surface area (Å²) < 4.78 is 28.9. The lowest BCUT2D eigenvalue weighted by Crippen LogP contribution is -2.52. The van der Waals surface area contributed by atoms with E-state index in [1.54, 1.807) is 43.3 Å². The van der Waals surface area contributed by atoms with Crippen LogP contribution in [0.25, 0.3) is 0 Å². The van der Waals surface area contributed by atoms with E-state index in [-0.39, 0.29) is 23.4 Å². The number of nitrogens with one attached hydrogen (secondary N) is 1. The van der Waals surface area contributed by atoms with Crippen molar-refractivity contribution in [2.24, 2.45) is 0 Å². The summed E-state index contributed by atoms with van der Waals surface area (Å²) in [5, 5.41) is 3.10. The van der Waals surface area contributed by atoms with Gasteiger partial charge in [-0.05, 0) is 70.4 Å². The van der Waals surface area contributed by atoms with Crippen LogP contribution in [0, 0.1) is 20.8 Å². The van der Waals surface area contributed by atoms with Crippen LogP contribution in [0.15, 0.2) is 77.7 Å². The molecule has 8 heteroatoms. The third kappa shape index (κ3) is 7.10. The predicted molar refractivity (Wildman–Crippen MR) is 158 cm³/mol. The molecule has 4 rings (SSSR count). The fourth-order valence-electron chi connectivity index (χ4n) is 4.94. The molecule has 1 aliphatic carbocycles. The van der Waals surface area contributed by atoms with Gasteiger partial charge in [-0.3, -0.25) is 13.9 Å². The van der Waals surface area contributed by atoms with Crippen molar-refractivity contribution in [3.8, 4) is 0 Å². The Kier molecular flexibility index (Phi) is 9.30. The molecule has 1 saturated carbocycles. The molecular weight excluding hydrogens is 522 g/mol. The largest absolute Gasteiger partial charge is 0.352 e. The smallest absolute Gasteiger partial charge is 0.264 e. The number of amides is 2. The van der Waals surface area contributed by atoms with Crippen LogP contribution < -0.4 is 9.62 Å². The Balaban J connectivity index is 1.67. The Morgan fingerprint density at radius 1 is 0.825 bits per heavy atom. The average molecular weight is 562 g/mol. The molecule has 40 heavy (non-hydrogen) atoms. The summed E-state index contributed by atoms with van der Waals surface area (Å²) >= 11 is 0. The summed E-state index contributed by atoms with van der Waals surface area (Å²) in [6.45, 7) is 7.25. The molecule has 212 valence electrons. The molecule has 1 atom stereocenters. The molecule has 2 amide bonds. The number of rotatable bonds is 10. The molecule has 3 aromatic carbocycles. The van der Waals surface area contributed by atoms with Gasteiger partial charge in [-0.15, -0.1) is 0 Å². The summed E-state index contributed by atoms with van der Waals surface area (Å²) in [7, 11) is -4.07. The minimum Gasteiger partial charge on any atom is -0.352 e. The van der Waals surface area contributed by atoms with Gasteiger partial charge in [0, 0.05) is 12.6 Å². The minimum atomic E-state index is -4.07. The van der Waals surface area contributed by atoms with E-state index in [0.29, 0.717) is 5.69 Å². The number of hydrogen-bond donors (Lipinski definition) is 1. The van der Waals surface area contributed by atoms with E-state index >= 15 is 0 Å². The summed E-state index contributed by atoms with van der Waals surface area (Å²) in [6.07, 6.45) is 4.02. The van der Waals surface area contributed by atoms with Gasteiger partial charge in [0.15, 0.2) is 0 Å². The molecular formula is C32H39N3O4S. The first kappa shape index (κ1) is 29.3. The van der Waals surface area contributed by atoms with Crippen LogP contribution in [-0.4, -0.2) is 43.8 Å². The fraction of sp³-hybridized carbons (Fsp3) is 0.375. The van der Waals surface area contributed by atoms with Crippen molar-refractivity contribution in [2.45, 2.75) is 76.9 Å². The van der Waals surface area contributed by atoms with Crippen LogP contribution in [0.1, 0.15) is 54.9 Å². The topological polar surface area (TPSA) is 86.8 Å². The van der Waals surface area contributed by atoms with Crippen molar-refractivity contribution < 1.29 is 18.0 Å². The molecule has 1 fully saturated rings. The van der Waals surface area contributed by atoms with E-state index < -0.39 is 28.5 Å². The lowest BCUT2D eigenvalue weighted by Gasteiger charge is -2.32. The van der Waals surface area contributed by atoms with Crippen LogP contribution in [0.3, 0.4) is 0 Å². The monoisotopic (exact) mass is 561 g/mol. The Morgan fingerprint density at radius 2 is 1.32 bits per heavy atom. The Labute approximate surface area is 238 Å². The highest BCUT2D eigenvalue weighted by atomic mass is 32.2. The van der Waals surface area contributed by atoms with Crippen molar-refractivity contribution in [3.05, 3.63) is 95.1 Å². The third-order valence-electron chi connectivity index (χ3n) is 7.55. The van der Waals surface area contributed by atoms with Crippen molar-refractivity contribution in [1.29, 1.82) is 0 Å². The van der Waals surface area contributed by atoms with Crippen LogP contribution >= 0.6 is 0 Å². The number of benzene rings is 3. The summed E-state index contributed by atoms with van der Waals surface area (Å²) in [5.41, 5.74) is 4.24. The maximum Gasteiger partial charge on any atom is 0.264 e. The fourth-order valence-corrected chi connectivity index (χ4v) is 6.36. The van der Waals surface area contributed by atoms with Crippen LogP contribution in [0.5, 0.6) is 0 Å². The number of nitrogens with zero attached hydrogens (tertiary/aromatic N) is 2. The molecule has 1 N–H and O–H groups in total. The van der Waals surface area contributed by atoms with Crippen molar-refractivity contribution in [3.63, 3.8) is 0 Å². The predicted octanol–water partition coefficient (Wildman–Crippen LogP) is 5.28. The second-order valence-electron chi connectivity index (χ2n) is 10.8. The zero-order valence-corrected chi connectivity index (χ0v) is 24.6. The number of sulfonamides is 1. The molecule has 0 radical (unpaired) electrons. The molecule has 0 unspecified atom stereocenters. The van der Waals surface area contributed by atoms with Gasteiger partial charge in [0.25, 0.3) is 10.0 Å². The first-order valence-electron chi connectivity index (χ1n) is 13.9. The van der Waals surface area contributed by atoms with Gasteiger partial charge in [0.05, 0.1) is 10.6 Å². The molecule has 1 aliphatic rings. The average Bonchev–Trinajstić information content (AvgIpc) is 3.44. The SMILES string of the molecule is Cc1ccc(CN(C(=O)CN(c2ccc(C)cc2)S(=O)(=O)c2ccc(C)cc2)[C@@H](C)C(=O)NC2CCCC2)cc1. The maximum atomic E-state index is 14.0. The second kappa shape index (κ2) is 12.7. The maximum absolute atomic E-state index is 14.0. The first-order valence-corrected chi connectivity index (χ1v) is 15.3. The van der Waals surface area contributed by atoms with Gasteiger partial charge >= 0.3 is 0 Å². The highest BCUT2D eigenvalue weighted by molar-refractivity contribution is 7.92. The van der Waals surface area contributed by atoms with E-state index in [9.17, 15) is 18.0 Å². The number of carbonyl (C=O) groups excluding carboxylic acids is 2. The second-order valence-corrected chi connectivity index (χ2v) is 12.7. The molecule has 0 spiro atoms. The summed E-state index contributed by atoms with van der Waals surface area (Å²) in [6, 6.07) is 20.7. The molecule has 0 saturated heterocycles. The van der Waals surface area contributed by atoms with E-state index in [1.165, 1.54) is 4.90 Å². The van der Waals surface area contributed by atoms with Gasteiger partial charge < -0.3 is 10.2 Å². The molecule has 7 nitrogen and oxygen atoms in total. The number of aryl methyl sites for hydroxylation is 3. The van der Waals surface area contributed by atoms with Crippen molar-refractivity contribution in [1.82, 2.24) is 10.2 Å². The van der Waals surface area contributed by atoms with Gasteiger partial charge in [0.1, 0.15) is 12.6 Å². The lowest BCUT2D eigenvalue weighted by atomic mass is 10.1. The van der Waals surface area contributed by atoms with Crippen molar-refractivity contribution >= 4 is 27.5 Å². The molecule has 3 aromatic rings. The quantitative estimate of drug-likeness (QED) is 0.365. The van der Waals surface area contributed by atoms with E-state index in [2.05, 4.69) is 5.32 Å².